The lowest BCUT2D eigenvalue weighted by Gasteiger charge is -2.39. The fourth-order valence-corrected chi connectivity index (χ4v) is 3.49. The Labute approximate surface area is 184 Å². The second-order valence-corrected chi connectivity index (χ2v) is 7.42. The van der Waals surface area contributed by atoms with Crippen LogP contribution in [-0.2, 0) is 4.74 Å². The zero-order chi connectivity index (χ0) is 24.0. The molecule has 0 spiro atoms. The molecule has 0 radical (unpaired) electrons. The first-order valence-corrected chi connectivity index (χ1v) is 9.65. The highest BCUT2D eigenvalue weighted by Gasteiger charge is 2.45. The van der Waals surface area contributed by atoms with E-state index in [1.165, 1.54) is 24.3 Å². The van der Waals surface area contributed by atoms with Gasteiger partial charge in [0.2, 0.25) is 23.2 Å². The first-order chi connectivity index (χ1) is 15.6. The Bertz CT molecular complexity index is 1230. The monoisotopic (exact) mass is 464 g/mol. The van der Waals surface area contributed by atoms with E-state index in [1.54, 1.807) is 0 Å². The van der Waals surface area contributed by atoms with Gasteiger partial charge in [-0.15, -0.1) is 0 Å². The van der Waals surface area contributed by atoms with Gasteiger partial charge >= 0.3 is 0 Å². The van der Waals surface area contributed by atoms with Crippen LogP contribution < -0.4 is 10.2 Å². The molecule has 4 rings (SSSR count). The molecule has 1 aliphatic rings. The molecule has 176 valence electrons. The Morgan fingerprint density at radius 1 is 0.909 bits per heavy atom. The number of aromatic hydroxyl groups is 4. The molecule has 0 saturated carbocycles. The smallest absolute Gasteiger partial charge is 0.238 e. The largest absolute Gasteiger partial charge is 0.508 e. The lowest BCUT2D eigenvalue weighted by atomic mass is 9.99. The van der Waals surface area contributed by atoms with Gasteiger partial charge in [-0.1, -0.05) is 0 Å². The molecular formula is C21H20O12. The summed E-state index contributed by atoms with van der Waals surface area (Å²) in [6.45, 7) is -0.718. The number of benzene rings is 2. The van der Waals surface area contributed by atoms with Crippen LogP contribution in [0.3, 0.4) is 0 Å². The highest BCUT2D eigenvalue weighted by atomic mass is 16.7. The van der Waals surface area contributed by atoms with Gasteiger partial charge in [0, 0.05) is 11.6 Å². The van der Waals surface area contributed by atoms with E-state index in [0.29, 0.717) is 0 Å². The number of fused-ring (bicyclic) bond motifs is 1. The molecule has 0 aliphatic carbocycles. The summed E-state index contributed by atoms with van der Waals surface area (Å²) in [5, 5.41) is 79.4. The van der Waals surface area contributed by atoms with E-state index in [1.807, 2.05) is 0 Å². The van der Waals surface area contributed by atoms with E-state index in [0.717, 1.165) is 6.07 Å². The van der Waals surface area contributed by atoms with E-state index >= 15 is 0 Å². The molecule has 1 unspecified atom stereocenters. The molecule has 1 aliphatic heterocycles. The Morgan fingerprint density at radius 3 is 2.21 bits per heavy atom. The van der Waals surface area contributed by atoms with E-state index in [-0.39, 0.29) is 17.1 Å². The molecule has 2 heterocycles. The summed E-state index contributed by atoms with van der Waals surface area (Å²) in [4.78, 5) is 12.7. The topological polar surface area (TPSA) is 211 Å². The minimum atomic E-state index is -1.81. The van der Waals surface area contributed by atoms with Crippen molar-refractivity contribution in [3.63, 3.8) is 0 Å². The lowest BCUT2D eigenvalue weighted by molar-refractivity contribution is -0.277. The van der Waals surface area contributed by atoms with Crippen LogP contribution in [0.2, 0.25) is 0 Å². The molecule has 0 amide bonds. The Hall–Kier alpha value is -3.55. The fraction of sp³-hybridized carbons (Fsp3) is 0.286. The zero-order valence-corrected chi connectivity index (χ0v) is 16.7. The van der Waals surface area contributed by atoms with Crippen molar-refractivity contribution in [1.29, 1.82) is 0 Å². The number of phenols is 3. The first-order valence-electron chi connectivity index (χ1n) is 9.65. The van der Waals surface area contributed by atoms with E-state index < -0.39 is 76.7 Å². The van der Waals surface area contributed by atoms with Gasteiger partial charge < -0.3 is 54.7 Å². The number of ether oxygens (including phenoxy) is 2. The second-order valence-electron chi connectivity index (χ2n) is 7.42. The quantitative estimate of drug-likeness (QED) is 0.229. The summed E-state index contributed by atoms with van der Waals surface area (Å²) in [6, 6.07) is 6.02. The third kappa shape index (κ3) is 3.79. The summed E-state index contributed by atoms with van der Waals surface area (Å²) in [5.74, 6) is -3.40. The maximum absolute atomic E-state index is 12.7. The molecule has 8 N–H and O–H groups in total. The highest BCUT2D eigenvalue weighted by molar-refractivity contribution is 5.93. The van der Waals surface area contributed by atoms with Gasteiger partial charge in [0.15, 0.2) is 17.1 Å². The number of aliphatic hydroxyl groups excluding tert-OH is 4. The molecule has 5 atom stereocenters. The predicted molar refractivity (Wildman–Crippen MR) is 109 cm³/mol. The van der Waals surface area contributed by atoms with Crippen molar-refractivity contribution in [2.45, 2.75) is 30.7 Å². The average Bonchev–Trinajstić information content (AvgIpc) is 2.79. The average molecular weight is 464 g/mol. The predicted octanol–water partition coefficient (Wildman–Crippen LogP) is -0.539. The number of rotatable bonds is 4. The van der Waals surface area contributed by atoms with E-state index in [4.69, 9.17) is 13.9 Å². The molecule has 1 saturated heterocycles. The van der Waals surface area contributed by atoms with Crippen molar-refractivity contribution in [2.75, 3.05) is 6.61 Å². The molecular weight excluding hydrogens is 444 g/mol. The number of aliphatic hydroxyl groups is 4. The SMILES string of the molecule is O=c1c(O)c(-c2ccc(O)cc2)oc2c(O)c(OC3O[C@H](CO)[C@@H](O)[C@H](O)[C@H]3O)cc(O)c12. The Morgan fingerprint density at radius 2 is 1.58 bits per heavy atom. The van der Waals surface area contributed by atoms with E-state index in [9.17, 15) is 45.6 Å². The van der Waals surface area contributed by atoms with Gasteiger partial charge in [-0.3, -0.25) is 4.79 Å². The summed E-state index contributed by atoms with van der Waals surface area (Å²) < 4.78 is 16.0. The van der Waals surface area contributed by atoms with Crippen molar-refractivity contribution < 1.29 is 54.7 Å². The molecule has 1 aromatic heterocycles. The molecule has 1 fully saturated rings. The van der Waals surface area contributed by atoms with Crippen molar-refractivity contribution in [2.24, 2.45) is 0 Å². The number of hydrogen-bond acceptors (Lipinski definition) is 12. The van der Waals surface area contributed by atoms with Crippen LogP contribution in [0.1, 0.15) is 0 Å². The first kappa shape index (κ1) is 22.6. The third-order valence-corrected chi connectivity index (χ3v) is 5.28. The minimum Gasteiger partial charge on any atom is -0.508 e. The normalized spacial score (nSPS) is 25.3. The van der Waals surface area contributed by atoms with Crippen LogP contribution in [0.25, 0.3) is 22.3 Å². The summed E-state index contributed by atoms with van der Waals surface area (Å²) in [7, 11) is 0. The maximum Gasteiger partial charge on any atom is 0.238 e. The van der Waals surface area contributed by atoms with Crippen LogP contribution in [0.4, 0.5) is 0 Å². The molecule has 0 bridgehead atoms. The van der Waals surface area contributed by atoms with Crippen LogP contribution >= 0.6 is 0 Å². The third-order valence-electron chi connectivity index (χ3n) is 5.28. The van der Waals surface area contributed by atoms with Gasteiger partial charge in [-0.25, -0.2) is 0 Å². The van der Waals surface area contributed by atoms with Crippen molar-refractivity contribution in [1.82, 2.24) is 0 Å². The number of hydrogen-bond donors (Lipinski definition) is 8. The molecule has 33 heavy (non-hydrogen) atoms. The van der Waals surface area contributed by atoms with Crippen molar-refractivity contribution >= 4 is 11.0 Å². The van der Waals surface area contributed by atoms with Crippen LogP contribution in [0.5, 0.6) is 28.7 Å². The van der Waals surface area contributed by atoms with Gasteiger partial charge in [-0.2, -0.15) is 0 Å². The molecule has 12 heteroatoms. The van der Waals surface area contributed by atoms with Crippen molar-refractivity contribution in [3.8, 4) is 40.1 Å². The highest BCUT2D eigenvalue weighted by Crippen LogP contribution is 2.43. The fourth-order valence-electron chi connectivity index (χ4n) is 3.49. The standard InChI is InChI=1S/C21H20O12/c22-6-11-13(25)16(28)18(30)21(32-11)31-10-5-9(24)12-15(27)17(29)19(33-20(12)14(10)26)7-1-3-8(23)4-2-7/h1-5,11,13,16,18,21-26,28-30H,6H2/t11-,13-,16+,18-,21?/m1/s1. The van der Waals surface area contributed by atoms with Crippen LogP contribution in [0.15, 0.2) is 39.5 Å². The van der Waals surface area contributed by atoms with Gasteiger partial charge in [0.1, 0.15) is 41.3 Å². The maximum atomic E-state index is 12.7. The van der Waals surface area contributed by atoms with Crippen LogP contribution in [-0.4, -0.2) is 78.2 Å². The molecule has 12 nitrogen and oxygen atoms in total. The Balaban J connectivity index is 1.81. The summed E-state index contributed by atoms with van der Waals surface area (Å²) in [5.41, 5.74) is -1.46. The second kappa shape index (κ2) is 8.42. The van der Waals surface area contributed by atoms with Gasteiger partial charge in [-0.05, 0) is 24.3 Å². The molecule has 2 aromatic carbocycles. The summed E-state index contributed by atoms with van der Waals surface area (Å²) >= 11 is 0. The number of phenolic OH excluding ortho intramolecular Hbond substituents is 3. The molecule has 3 aromatic rings. The summed E-state index contributed by atoms with van der Waals surface area (Å²) in [6.07, 6.45) is -8.19. The zero-order valence-electron chi connectivity index (χ0n) is 16.7. The Kier molecular flexibility index (Phi) is 5.78. The lowest BCUT2D eigenvalue weighted by Crippen LogP contribution is -2.60. The van der Waals surface area contributed by atoms with Gasteiger partial charge in [0.25, 0.3) is 0 Å². The van der Waals surface area contributed by atoms with Crippen LogP contribution in [0, 0.1) is 0 Å². The van der Waals surface area contributed by atoms with Gasteiger partial charge in [0.05, 0.1) is 6.61 Å². The van der Waals surface area contributed by atoms with Crippen molar-refractivity contribution in [3.05, 3.63) is 40.6 Å². The van der Waals surface area contributed by atoms with E-state index in [2.05, 4.69) is 0 Å². The minimum absolute atomic E-state index is 0.0860.